The van der Waals surface area contributed by atoms with Gasteiger partial charge in [-0.15, -0.1) is 0 Å². The summed E-state index contributed by atoms with van der Waals surface area (Å²) >= 11 is 0. The van der Waals surface area contributed by atoms with Crippen LogP contribution in [0, 0.1) is 10.1 Å². The minimum Gasteiger partial charge on any atom is -0.427 e. The third-order valence-corrected chi connectivity index (χ3v) is 4.82. The van der Waals surface area contributed by atoms with Gasteiger partial charge in [-0.2, -0.15) is 0 Å². The van der Waals surface area contributed by atoms with E-state index in [9.17, 15) is 14.9 Å². The molecule has 0 saturated heterocycles. The average Bonchev–Trinajstić information content (AvgIpc) is 2.68. The number of aliphatic hydroxyl groups is 1. The molecule has 1 aromatic carbocycles. The summed E-state index contributed by atoms with van der Waals surface area (Å²) in [6, 6.07) is 5.57. The quantitative estimate of drug-likeness (QED) is 0.116. The molecule has 0 aliphatic rings. The Morgan fingerprint density at radius 2 is 1.21 bits per heavy atom. The van der Waals surface area contributed by atoms with Crippen LogP contribution in [0.1, 0.15) is 89.9 Å². The molecule has 6 heteroatoms. The normalized spacial score (nSPS) is 10.8. The minimum atomic E-state index is -0.480. The largest absolute Gasteiger partial charge is 0.427 e. The number of benzene rings is 1. The average molecular weight is 394 g/mol. The van der Waals surface area contributed by atoms with E-state index >= 15 is 0 Å². The molecule has 28 heavy (non-hydrogen) atoms. The second kappa shape index (κ2) is 16.0. The number of esters is 1. The lowest BCUT2D eigenvalue weighted by Crippen LogP contribution is -2.07. The molecule has 1 aromatic rings. The molecule has 0 aromatic heterocycles. The molecule has 0 heterocycles. The number of aliphatic hydroxyl groups excluding tert-OH is 1. The summed E-state index contributed by atoms with van der Waals surface area (Å²) in [5.74, 6) is 0.0665. The van der Waals surface area contributed by atoms with Gasteiger partial charge in [0.1, 0.15) is 5.75 Å². The Hall–Kier alpha value is -1.95. The van der Waals surface area contributed by atoms with Crippen LogP contribution in [0.5, 0.6) is 5.75 Å². The maximum Gasteiger partial charge on any atom is 0.311 e. The Kier molecular flexibility index (Phi) is 13.8. The summed E-state index contributed by atoms with van der Waals surface area (Å²) in [7, 11) is 0. The predicted octanol–water partition coefficient (Wildman–Crippen LogP) is 5.95. The number of nitro groups is 1. The second-order valence-electron chi connectivity index (χ2n) is 7.29. The number of hydrogen-bond donors (Lipinski definition) is 1. The maximum absolute atomic E-state index is 11.8. The fourth-order valence-electron chi connectivity index (χ4n) is 3.14. The Morgan fingerprint density at radius 3 is 1.64 bits per heavy atom. The van der Waals surface area contributed by atoms with Crippen molar-refractivity contribution in [2.24, 2.45) is 0 Å². The van der Waals surface area contributed by atoms with E-state index in [1.807, 2.05) is 0 Å². The lowest BCUT2D eigenvalue weighted by molar-refractivity contribution is -0.384. The van der Waals surface area contributed by atoms with Crippen molar-refractivity contribution in [1.82, 2.24) is 0 Å². The molecule has 0 aliphatic carbocycles. The zero-order valence-corrected chi connectivity index (χ0v) is 16.9. The molecule has 0 saturated carbocycles. The van der Waals surface area contributed by atoms with Gasteiger partial charge >= 0.3 is 5.97 Å². The number of carbonyl (C=O) groups excluding carboxylic acids is 1. The maximum atomic E-state index is 11.8. The van der Waals surface area contributed by atoms with Crippen LogP contribution >= 0.6 is 0 Å². The second-order valence-corrected chi connectivity index (χ2v) is 7.29. The molecule has 0 unspecified atom stereocenters. The molecular formula is C22H35NO5. The third-order valence-electron chi connectivity index (χ3n) is 4.82. The number of ether oxygens (including phenoxy) is 1. The summed E-state index contributed by atoms with van der Waals surface area (Å²) in [4.78, 5) is 21.9. The fourth-order valence-corrected chi connectivity index (χ4v) is 3.14. The van der Waals surface area contributed by atoms with Crippen molar-refractivity contribution in [2.75, 3.05) is 6.61 Å². The van der Waals surface area contributed by atoms with E-state index < -0.39 is 4.92 Å². The molecule has 0 aliphatic heterocycles. The van der Waals surface area contributed by atoms with Crippen LogP contribution in [-0.2, 0) is 4.79 Å². The summed E-state index contributed by atoms with van der Waals surface area (Å²) in [5.41, 5.74) is -0.0159. The van der Waals surface area contributed by atoms with E-state index in [1.54, 1.807) is 0 Å². The highest BCUT2D eigenvalue weighted by atomic mass is 16.6. The summed E-state index contributed by atoms with van der Waals surface area (Å²) < 4.78 is 5.19. The highest BCUT2D eigenvalue weighted by molar-refractivity contribution is 5.72. The van der Waals surface area contributed by atoms with Gasteiger partial charge in [-0.25, -0.2) is 0 Å². The van der Waals surface area contributed by atoms with Crippen LogP contribution in [0.25, 0.3) is 0 Å². The summed E-state index contributed by atoms with van der Waals surface area (Å²) in [6.45, 7) is 0.320. The van der Waals surface area contributed by atoms with Crippen molar-refractivity contribution in [3.05, 3.63) is 34.4 Å². The number of non-ortho nitro benzene ring substituents is 1. The van der Waals surface area contributed by atoms with Crippen molar-refractivity contribution < 1.29 is 19.6 Å². The molecular weight excluding hydrogens is 358 g/mol. The Balaban J connectivity index is 1.90. The zero-order chi connectivity index (χ0) is 20.5. The predicted molar refractivity (Wildman–Crippen MR) is 110 cm³/mol. The number of unbranched alkanes of at least 4 members (excludes halogenated alkanes) is 12. The van der Waals surface area contributed by atoms with Gasteiger partial charge in [0.15, 0.2) is 0 Å². The smallest absolute Gasteiger partial charge is 0.311 e. The van der Waals surface area contributed by atoms with Gasteiger partial charge < -0.3 is 9.84 Å². The van der Waals surface area contributed by atoms with Gasteiger partial charge in [0.2, 0.25) is 0 Å². The van der Waals surface area contributed by atoms with Crippen LogP contribution in [0.4, 0.5) is 5.69 Å². The first kappa shape index (κ1) is 24.1. The van der Waals surface area contributed by atoms with Crippen LogP contribution < -0.4 is 4.74 Å². The van der Waals surface area contributed by atoms with Crippen LogP contribution in [-0.4, -0.2) is 22.6 Å². The van der Waals surface area contributed by atoms with E-state index in [-0.39, 0.29) is 11.7 Å². The van der Waals surface area contributed by atoms with Gasteiger partial charge in [0.25, 0.3) is 5.69 Å². The van der Waals surface area contributed by atoms with Crippen LogP contribution in [0.15, 0.2) is 24.3 Å². The first-order valence-corrected chi connectivity index (χ1v) is 10.7. The summed E-state index contributed by atoms with van der Waals surface area (Å²) in [6.07, 6.45) is 15.7. The Bertz CT molecular complexity index is 544. The monoisotopic (exact) mass is 393 g/mol. The zero-order valence-electron chi connectivity index (χ0n) is 16.9. The topological polar surface area (TPSA) is 89.7 Å². The van der Waals surface area contributed by atoms with Crippen LogP contribution in [0.3, 0.4) is 0 Å². The molecule has 158 valence electrons. The molecule has 0 spiro atoms. The first-order chi connectivity index (χ1) is 13.6. The number of nitrogens with zero attached hydrogens (tertiary/aromatic N) is 1. The van der Waals surface area contributed by atoms with E-state index in [1.165, 1.54) is 75.6 Å². The van der Waals surface area contributed by atoms with E-state index in [2.05, 4.69) is 0 Å². The van der Waals surface area contributed by atoms with Crippen molar-refractivity contribution in [1.29, 1.82) is 0 Å². The van der Waals surface area contributed by atoms with Gasteiger partial charge in [-0.1, -0.05) is 70.6 Å². The van der Waals surface area contributed by atoms with E-state index in [0.717, 1.165) is 32.1 Å². The molecule has 1 rings (SSSR count). The number of rotatable bonds is 17. The lowest BCUT2D eigenvalue weighted by atomic mass is 10.0. The van der Waals surface area contributed by atoms with Crippen LogP contribution in [0.2, 0.25) is 0 Å². The highest BCUT2D eigenvalue weighted by Gasteiger charge is 2.08. The molecule has 0 fully saturated rings. The number of nitro benzene ring substituents is 1. The van der Waals surface area contributed by atoms with E-state index in [0.29, 0.717) is 18.8 Å². The number of hydrogen-bond acceptors (Lipinski definition) is 5. The number of carbonyl (C=O) groups is 1. The Morgan fingerprint density at radius 1 is 0.786 bits per heavy atom. The Labute approximate surface area is 168 Å². The van der Waals surface area contributed by atoms with E-state index in [4.69, 9.17) is 9.84 Å². The van der Waals surface area contributed by atoms with Crippen molar-refractivity contribution in [2.45, 2.75) is 89.9 Å². The molecule has 0 atom stereocenters. The molecule has 0 bridgehead atoms. The van der Waals surface area contributed by atoms with Crippen molar-refractivity contribution >= 4 is 11.7 Å². The molecule has 6 nitrogen and oxygen atoms in total. The lowest BCUT2D eigenvalue weighted by Gasteiger charge is -2.05. The molecule has 1 N–H and O–H groups in total. The molecule has 0 amide bonds. The standard InChI is InChI=1S/C22H35NO5/c24-19-13-11-9-7-5-3-1-2-4-6-8-10-12-14-22(25)28-21-17-15-20(16-18-21)23(26)27/h15-18,24H,1-14,19H2. The molecule has 0 radical (unpaired) electrons. The SMILES string of the molecule is O=C(CCCCCCCCCCCCCCCO)Oc1ccc([N+](=O)[O-])cc1. The summed E-state index contributed by atoms with van der Waals surface area (Å²) in [5, 5.41) is 19.3. The van der Waals surface area contributed by atoms with Gasteiger partial charge in [0, 0.05) is 25.2 Å². The third kappa shape index (κ3) is 12.4. The van der Waals surface area contributed by atoms with Crippen molar-refractivity contribution in [3.63, 3.8) is 0 Å². The van der Waals surface area contributed by atoms with Gasteiger partial charge in [-0.3, -0.25) is 14.9 Å². The fraction of sp³-hybridized carbons (Fsp3) is 0.682. The minimum absolute atomic E-state index is 0.0159. The van der Waals surface area contributed by atoms with Crippen molar-refractivity contribution in [3.8, 4) is 5.75 Å². The van der Waals surface area contributed by atoms with Gasteiger partial charge in [0.05, 0.1) is 4.92 Å². The first-order valence-electron chi connectivity index (χ1n) is 10.7. The van der Waals surface area contributed by atoms with Gasteiger partial charge in [-0.05, 0) is 25.0 Å². The highest BCUT2D eigenvalue weighted by Crippen LogP contribution is 2.18.